The van der Waals surface area contributed by atoms with Crippen LogP contribution in [0.25, 0.3) is 0 Å². The maximum atomic E-state index is 12.6. The lowest BCUT2D eigenvalue weighted by molar-refractivity contribution is -0.0507. The molecule has 1 aliphatic rings. The SMILES string of the molecule is CN(Cc1cnccn1)[C@H]1CN(Cc2ccccc2OC(F)F)C[C@@H]1O. The molecule has 1 aliphatic heterocycles. The van der Waals surface area contributed by atoms with E-state index in [1.54, 1.807) is 36.8 Å². The molecule has 1 N–H and O–H groups in total. The average Bonchev–Trinajstić information content (AvgIpc) is 2.97. The third kappa shape index (κ3) is 4.72. The molecule has 3 rings (SSSR count). The van der Waals surface area contributed by atoms with Crippen LogP contribution in [0, 0.1) is 0 Å². The molecular weight excluding hydrogens is 342 g/mol. The van der Waals surface area contributed by atoms with Crippen molar-refractivity contribution in [3.05, 3.63) is 54.1 Å². The van der Waals surface area contributed by atoms with Crippen molar-refractivity contribution >= 4 is 0 Å². The van der Waals surface area contributed by atoms with Gasteiger partial charge in [-0.05, 0) is 13.1 Å². The number of aliphatic hydroxyl groups is 1. The van der Waals surface area contributed by atoms with Crippen LogP contribution in [0.3, 0.4) is 0 Å². The number of alkyl halides is 2. The third-order valence-electron chi connectivity index (χ3n) is 4.51. The van der Waals surface area contributed by atoms with E-state index in [-0.39, 0.29) is 11.8 Å². The van der Waals surface area contributed by atoms with E-state index < -0.39 is 12.7 Å². The van der Waals surface area contributed by atoms with Gasteiger partial charge >= 0.3 is 6.61 Å². The van der Waals surface area contributed by atoms with Gasteiger partial charge in [-0.15, -0.1) is 0 Å². The van der Waals surface area contributed by atoms with Gasteiger partial charge in [-0.1, -0.05) is 18.2 Å². The maximum Gasteiger partial charge on any atom is 0.387 e. The molecule has 0 unspecified atom stereocenters. The molecule has 1 fully saturated rings. The summed E-state index contributed by atoms with van der Waals surface area (Å²) in [7, 11) is 1.93. The van der Waals surface area contributed by atoms with Gasteiger partial charge in [0, 0.05) is 56.4 Å². The summed E-state index contributed by atoms with van der Waals surface area (Å²) in [4.78, 5) is 12.4. The Morgan fingerprint density at radius 1 is 1.31 bits per heavy atom. The number of para-hydroxylation sites is 1. The topological polar surface area (TPSA) is 61.7 Å². The normalized spacial score (nSPS) is 20.8. The number of hydrogen-bond acceptors (Lipinski definition) is 6. The van der Waals surface area contributed by atoms with Crippen molar-refractivity contribution in [3.63, 3.8) is 0 Å². The highest BCUT2D eigenvalue weighted by Crippen LogP contribution is 2.25. The van der Waals surface area contributed by atoms with Gasteiger partial charge in [0.1, 0.15) is 5.75 Å². The second-order valence-corrected chi connectivity index (χ2v) is 6.43. The zero-order valence-electron chi connectivity index (χ0n) is 14.5. The zero-order valence-corrected chi connectivity index (χ0v) is 14.5. The number of aliphatic hydroxyl groups excluding tert-OH is 1. The minimum Gasteiger partial charge on any atom is -0.434 e. The van der Waals surface area contributed by atoms with E-state index in [0.717, 1.165) is 5.69 Å². The summed E-state index contributed by atoms with van der Waals surface area (Å²) in [6, 6.07) is 6.68. The Hall–Kier alpha value is -2.16. The van der Waals surface area contributed by atoms with Crippen molar-refractivity contribution < 1.29 is 18.6 Å². The second kappa shape index (κ2) is 8.48. The van der Waals surface area contributed by atoms with Gasteiger partial charge in [0.05, 0.1) is 11.8 Å². The Kier molecular flexibility index (Phi) is 6.08. The van der Waals surface area contributed by atoms with Crippen LogP contribution in [-0.2, 0) is 13.1 Å². The average molecular weight is 364 g/mol. The second-order valence-electron chi connectivity index (χ2n) is 6.43. The summed E-state index contributed by atoms with van der Waals surface area (Å²) in [5.74, 6) is 0.174. The van der Waals surface area contributed by atoms with Gasteiger partial charge in [-0.3, -0.25) is 19.8 Å². The van der Waals surface area contributed by atoms with Crippen molar-refractivity contribution in [2.75, 3.05) is 20.1 Å². The fraction of sp³-hybridized carbons (Fsp3) is 0.444. The summed E-state index contributed by atoms with van der Waals surface area (Å²) < 4.78 is 29.7. The van der Waals surface area contributed by atoms with Crippen molar-refractivity contribution in [2.24, 2.45) is 0 Å². The smallest absolute Gasteiger partial charge is 0.387 e. The molecule has 1 aromatic heterocycles. The number of β-amino-alcohol motifs (C(OH)–C–C–N with tert-alkyl or cyclic N) is 1. The van der Waals surface area contributed by atoms with E-state index in [4.69, 9.17) is 0 Å². The predicted molar refractivity (Wildman–Crippen MR) is 91.6 cm³/mol. The van der Waals surface area contributed by atoms with E-state index in [2.05, 4.69) is 14.7 Å². The van der Waals surface area contributed by atoms with E-state index in [1.165, 1.54) is 6.07 Å². The van der Waals surface area contributed by atoms with Gasteiger partial charge in [0.2, 0.25) is 0 Å². The van der Waals surface area contributed by atoms with Crippen LogP contribution in [0.15, 0.2) is 42.9 Å². The zero-order chi connectivity index (χ0) is 18.5. The Balaban J connectivity index is 1.62. The van der Waals surface area contributed by atoms with E-state index in [1.807, 2.05) is 16.8 Å². The Bertz CT molecular complexity index is 705. The molecule has 8 heteroatoms. The van der Waals surface area contributed by atoms with Crippen molar-refractivity contribution in [3.8, 4) is 5.75 Å². The van der Waals surface area contributed by atoms with Crippen LogP contribution in [0.5, 0.6) is 5.75 Å². The monoisotopic (exact) mass is 364 g/mol. The van der Waals surface area contributed by atoms with Gasteiger partial charge in [0.15, 0.2) is 0 Å². The van der Waals surface area contributed by atoms with Crippen LogP contribution in [0.1, 0.15) is 11.3 Å². The number of benzene rings is 1. The molecule has 26 heavy (non-hydrogen) atoms. The van der Waals surface area contributed by atoms with Crippen molar-refractivity contribution in [2.45, 2.75) is 31.8 Å². The molecule has 2 atom stereocenters. The summed E-state index contributed by atoms with van der Waals surface area (Å²) in [5, 5.41) is 10.4. The highest BCUT2D eigenvalue weighted by Gasteiger charge is 2.34. The first-order valence-corrected chi connectivity index (χ1v) is 8.41. The van der Waals surface area contributed by atoms with Crippen LogP contribution in [0.4, 0.5) is 8.78 Å². The largest absolute Gasteiger partial charge is 0.434 e. The molecule has 6 nitrogen and oxygen atoms in total. The lowest BCUT2D eigenvalue weighted by Gasteiger charge is -2.26. The minimum atomic E-state index is -2.86. The minimum absolute atomic E-state index is 0.0693. The molecule has 0 bridgehead atoms. The number of aromatic nitrogens is 2. The van der Waals surface area contributed by atoms with E-state index in [0.29, 0.717) is 31.7 Å². The van der Waals surface area contributed by atoms with Gasteiger partial charge in [-0.25, -0.2) is 0 Å². The molecule has 0 aliphatic carbocycles. The first kappa shape index (κ1) is 18.6. The molecule has 0 spiro atoms. The highest BCUT2D eigenvalue weighted by atomic mass is 19.3. The molecular formula is C18H22F2N4O2. The van der Waals surface area contributed by atoms with Crippen LogP contribution >= 0.6 is 0 Å². The van der Waals surface area contributed by atoms with Crippen LogP contribution in [-0.4, -0.2) is 63.8 Å². The van der Waals surface area contributed by atoms with Gasteiger partial charge in [-0.2, -0.15) is 8.78 Å². The molecule has 0 amide bonds. The Labute approximate surface area is 151 Å². The maximum absolute atomic E-state index is 12.6. The van der Waals surface area contributed by atoms with Crippen LogP contribution < -0.4 is 4.74 Å². The molecule has 140 valence electrons. The molecule has 1 saturated heterocycles. The summed E-state index contributed by atoms with van der Waals surface area (Å²) >= 11 is 0. The van der Waals surface area contributed by atoms with Gasteiger partial charge < -0.3 is 9.84 Å². The number of nitrogens with zero attached hydrogens (tertiary/aromatic N) is 4. The predicted octanol–water partition coefficient (Wildman–Crippen LogP) is 1.76. The number of rotatable bonds is 7. The number of hydrogen-bond donors (Lipinski definition) is 1. The first-order valence-electron chi connectivity index (χ1n) is 8.41. The quantitative estimate of drug-likeness (QED) is 0.808. The van der Waals surface area contributed by atoms with Gasteiger partial charge in [0.25, 0.3) is 0 Å². The molecule has 0 radical (unpaired) electrons. The standard InChI is InChI=1S/C18H22F2N4O2/c1-23(10-14-8-21-6-7-22-14)15-11-24(12-16(15)25)9-13-4-2-3-5-17(13)26-18(19)20/h2-8,15-16,18,25H,9-12H2,1H3/t15-,16-/m0/s1. The highest BCUT2D eigenvalue weighted by molar-refractivity contribution is 5.33. The van der Waals surface area contributed by atoms with Crippen LogP contribution in [0.2, 0.25) is 0 Å². The van der Waals surface area contributed by atoms with E-state index in [9.17, 15) is 13.9 Å². The first-order chi connectivity index (χ1) is 12.5. The summed E-state index contributed by atoms with van der Waals surface area (Å²) in [6.45, 7) is -0.741. The Morgan fingerprint density at radius 2 is 2.12 bits per heavy atom. The lowest BCUT2D eigenvalue weighted by Crippen LogP contribution is -2.40. The number of halogens is 2. The number of likely N-dealkylation sites (N-methyl/N-ethyl adjacent to an activating group) is 1. The number of likely N-dealkylation sites (tertiary alicyclic amines) is 1. The fourth-order valence-corrected chi connectivity index (χ4v) is 3.28. The summed E-state index contributed by atoms with van der Waals surface area (Å²) in [6.07, 6.45) is 4.43. The fourth-order valence-electron chi connectivity index (χ4n) is 3.28. The summed E-state index contributed by atoms with van der Waals surface area (Å²) in [5.41, 5.74) is 1.51. The Morgan fingerprint density at radius 3 is 2.85 bits per heavy atom. The van der Waals surface area contributed by atoms with E-state index >= 15 is 0 Å². The lowest BCUT2D eigenvalue weighted by atomic mass is 10.2. The molecule has 1 aromatic carbocycles. The molecule has 0 saturated carbocycles. The van der Waals surface area contributed by atoms with Crippen molar-refractivity contribution in [1.82, 2.24) is 19.8 Å². The van der Waals surface area contributed by atoms with Crippen molar-refractivity contribution in [1.29, 1.82) is 0 Å². The molecule has 2 aromatic rings. The number of ether oxygens (including phenoxy) is 1. The molecule has 2 heterocycles. The third-order valence-corrected chi connectivity index (χ3v) is 4.51.